The van der Waals surface area contributed by atoms with Crippen molar-refractivity contribution in [2.24, 2.45) is 0 Å². The summed E-state index contributed by atoms with van der Waals surface area (Å²) in [7, 11) is 0. The molecule has 1 aliphatic heterocycles. The van der Waals surface area contributed by atoms with Crippen LogP contribution in [0.25, 0.3) is 0 Å². The lowest BCUT2D eigenvalue weighted by Crippen LogP contribution is -2.58. The zero-order chi connectivity index (χ0) is 50.9. The van der Waals surface area contributed by atoms with Crippen molar-refractivity contribution in [2.45, 2.75) is 97.5 Å². The molecule has 1 aliphatic rings. The first-order valence-electron chi connectivity index (χ1n) is 25.3. The lowest BCUT2D eigenvalue weighted by molar-refractivity contribution is -0.275. The van der Waals surface area contributed by atoms with Crippen LogP contribution in [0, 0.1) is 13.8 Å². The SMILES string of the molecule is CC(=O)c1c(OCc2ccccc2)cc(OCc2ccccc2C)c([C@@H]2O[C@H](COCc3ccccc3)[C@@H](OCc3ccccc3)[C@H](OCc3ccccc3)[C@H]2OCc2ccccc2)c1OCc1ccccc1C. The average Bonchev–Trinajstić information content (AvgIpc) is 3.44. The van der Waals surface area contributed by atoms with E-state index in [-0.39, 0.29) is 63.3 Å². The first-order valence-corrected chi connectivity index (χ1v) is 25.3. The highest BCUT2D eigenvalue weighted by Crippen LogP contribution is 2.50. The smallest absolute Gasteiger partial charge is 0.167 e. The number of carbonyl (C=O) groups excluding carboxylic acids is 1. The third kappa shape index (κ3) is 13.6. The zero-order valence-corrected chi connectivity index (χ0v) is 42.3. The minimum Gasteiger partial charge on any atom is -0.488 e. The van der Waals surface area contributed by atoms with Crippen LogP contribution in [0.2, 0.25) is 0 Å². The van der Waals surface area contributed by atoms with Gasteiger partial charge in [0, 0.05) is 6.07 Å². The number of carbonyl (C=O) groups is 1. The molecule has 9 rings (SSSR count). The summed E-state index contributed by atoms with van der Waals surface area (Å²) >= 11 is 0. The summed E-state index contributed by atoms with van der Waals surface area (Å²) in [6, 6.07) is 68.1. The Hall–Kier alpha value is -7.37. The van der Waals surface area contributed by atoms with Crippen LogP contribution < -0.4 is 14.2 Å². The Balaban J connectivity index is 1.24. The maximum absolute atomic E-state index is 14.5. The molecule has 0 spiro atoms. The molecule has 8 aromatic rings. The van der Waals surface area contributed by atoms with E-state index in [9.17, 15) is 4.79 Å². The molecule has 74 heavy (non-hydrogen) atoms. The van der Waals surface area contributed by atoms with Crippen LogP contribution in [0.1, 0.15) is 79.0 Å². The molecule has 0 radical (unpaired) electrons. The monoisotopic (exact) mass is 988 g/mol. The molecule has 0 bridgehead atoms. The van der Waals surface area contributed by atoms with E-state index in [1.165, 1.54) is 6.92 Å². The minimum atomic E-state index is -0.999. The van der Waals surface area contributed by atoms with Crippen molar-refractivity contribution in [1.82, 2.24) is 0 Å². The van der Waals surface area contributed by atoms with E-state index in [2.05, 4.69) is 13.0 Å². The van der Waals surface area contributed by atoms with E-state index in [1.807, 2.05) is 207 Å². The van der Waals surface area contributed by atoms with E-state index in [0.29, 0.717) is 23.7 Å². The van der Waals surface area contributed by atoms with Gasteiger partial charge >= 0.3 is 0 Å². The predicted octanol–water partition coefficient (Wildman–Crippen LogP) is 13.7. The van der Waals surface area contributed by atoms with Crippen LogP contribution in [0.3, 0.4) is 0 Å². The maximum Gasteiger partial charge on any atom is 0.167 e. The maximum atomic E-state index is 14.5. The quantitative estimate of drug-likeness (QED) is 0.0549. The molecule has 5 atom stereocenters. The molecular weight excluding hydrogens is 925 g/mol. The lowest BCUT2D eigenvalue weighted by atomic mass is 9.87. The average molecular weight is 989 g/mol. The van der Waals surface area contributed by atoms with Crippen molar-refractivity contribution >= 4 is 5.78 Å². The van der Waals surface area contributed by atoms with Crippen molar-refractivity contribution in [2.75, 3.05) is 6.61 Å². The third-order valence-electron chi connectivity index (χ3n) is 13.3. The van der Waals surface area contributed by atoms with E-state index >= 15 is 0 Å². The van der Waals surface area contributed by atoms with Gasteiger partial charge in [0.05, 0.1) is 38.6 Å². The number of Topliss-reactive ketones (excluding diaryl/α,β-unsaturated/α-hetero) is 1. The molecule has 0 aliphatic carbocycles. The highest BCUT2D eigenvalue weighted by atomic mass is 16.6. The van der Waals surface area contributed by atoms with Crippen molar-refractivity contribution in [1.29, 1.82) is 0 Å². The summed E-state index contributed by atoms with van der Waals surface area (Å²) < 4.78 is 56.6. The molecule has 0 N–H and O–H groups in total. The Morgan fingerprint density at radius 2 is 0.838 bits per heavy atom. The standard InChI is InChI=1S/C65H64O9/c1-46-23-19-21-35-54(46)43-69-57-37-56(68-39-50-27-11-5-12-28-50)59(48(3)66)62(73-44-55-36-22-20-24-47(55)2)60(57)63-65(72-42-53-33-17-8-18-34-53)64(71-41-52-31-15-7-16-32-52)61(70-40-51-29-13-6-14-30-51)58(74-63)45-67-38-49-25-9-4-10-26-49/h4-37,58,61,63-65H,38-45H2,1-3H3/t58-,61-,63+,64+,65+/m1/s1. The second kappa shape index (κ2) is 26.0. The van der Waals surface area contributed by atoms with Gasteiger partial charge < -0.3 is 37.9 Å². The zero-order valence-electron chi connectivity index (χ0n) is 42.3. The predicted molar refractivity (Wildman–Crippen MR) is 287 cm³/mol. The van der Waals surface area contributed by atoms with E-state index in [1.54, 1.807) is 0 Å². The largest absolute Gasteiger partial charge is 0.488 e. The van der Waals surface area contributed by atoms with Crippen molar-refractivity contribution < 1.29 is 42.7 Å². The number of ketones is 1. The van der Waals surface area contributed by atoms with Gasteiger partial charge in [-0.15, -0.1) is 0 Å². The molecule has 1 heterocycles. The molecule has 1 fully saturated rings. The Morgan fingerprint density at radius 3 is 1.32 bits per heavy atom. The second-order valence-corrected chi connectivity index (χ2v) is 18.6. The van der Waals surface area contributed by atoms with Gasteiger partial charge in [-0.1, -0.05) is 200 Å². The normalized spacial score (nSPS) is 17.4. The number of ether oxygens (including phenoxy) is 8. The summed E-state index contributed by atoms with van der Waals surface area (Å²) in [5.41, 5.74) is 9.59. The van der Waals surface area contributed by atoms with Gasteiger partial charge in [0.15, 0.2) is 5.78 Å². The molecule has 0 unspecified atom stereocenters. The van der Waals surface area contributed by atoms with Gasteiger partial charge in [-0.05, 0) is 70.8 Å². The fraction of sp³-hybridized carbons (Fsp3) is 0.246. The first kappa shape index (κ1) is 51.5. The van der Waals surface area contributed by atoms with Gasteiger partial charge in [-0.25, -0.2) is 0 Å². The Labute approximate surface area is 435 Å². The summed E-state index contributed by atoms with van der Waals surface area (Å²) in [4.78, 5) is 14.5. The van der Waals surface area contributed by atoms with E-state index in [4.69, 9.17) is 37.9 Å². The minimum absolute atomic E-state index is 0.123. The number of hydrogen-bond donors (Lipinski definition) is 0. The summed E-state index contributed by atoms with van der Waals surface area (Å²) in [5.74, 6) is 0.708. The van der Waals surface area contributed by atoms with Gasteiger partial charge in [0.25, 0.3) is 0 Å². The van der Waals surface area contributed by atoms with Crippen LogP contribution in [0.5, 0.6) is 17.2 Å². The molecule has 9 heteroatoms. The van der Waals surface area contributed by atoms with Crippen LogP contribution in [0.4, 0.5) is 0 Å². The molecule has 378 valence electrons. The van der Waals surface area contributed by atoms with Crippen LogP contribution >= 0.6 is 0 Å². The van der Waals surface area contributed by atoms with Gasteiger partial charge in [0.1, 0.15) is 73.2 Å². The van der Waals surface area contributed by atoms with Crippen LogP contribution in [0.15, 0.2) is 206 Å². The fourth-order valence-electron chi connectivity index (χ4n) is 9.22. The molecule has 1 saturated heterocycles. The van der Waals surface area contributed by atoms with Crippen molar-refractivity contribution in [3.8, 4) is 17.2 Å². The summed E-state index contributed by atoms with van der Waals surface area (Å²) in [6.45, 7) is 7.31. The molecular formula is C65H64O9. The van der Waals surface area contributed by atoms with E-state index < -0.39 is 30.5 Å². The number of benzene rings is 8. The Morgan fingerprint density at radius 1 is 0.432 bits per heavy atom. The van der Waals surface area contributed by atoms with Gasteiger partial charge in [-0.3, -0.25) is 4.79 Å². The molecule has 9 nitrogen and oxygen atoms in total. The lowest BCUT2D eigenvalue weighted by Gasteiger charge is -2.47. The molecule has 0 saturated carbocycles. The fourth-order valence-corrected chi connectivity index (χ4v) is 9.22. The second-order valence-electron chi connectivity index (χ2n) is 18.6. The highest BCUT2D eigenvalue weighted by Gasteiger charge is 2.51. The van der Waals surface area contributed by atoms with E-state index in [0.717, 1.165) is 50.1 Å². The molecule has 8 aromatic carbocycles. The van der Waals surface area contributed by atoms with Crippen LogP contribution in [-0.2, 0) is 69.9 Å². The van der Waals surface area contributed by atoms with Gasteiger partial charge in [0.2, 0.25) is 0 Å². The Bertz CT molecular complexity index is 2990. The summed E-state index contributed by atoms with van der Waals surface area (Å²) in [6.07, 6.45) is -4.13. The summed E-state index contributed by atoms with van der Waals surface area (Å²) in [5, 5.41) is 0. The van der Waals surface area contributed by atoms with Gasteiger partial charge in [-0.2, -0.15) is 0 Å². The topological polar surface area (TPSA) is 90.9 Å². The molecule has 0 amide bonds. The Kier molecular flexibility index (Phi) is 18.1. The number of hydrogen-bond acceptors (Lipinski definition) is 9. The van der Waals surface area contributed by atoms with Crippen molar-refractivity contribution in [3.63, 3.8) is 0 Å². The number of rotatable bonds is 24. The first-order chi connectivity index (χ1) is 36.4. The van der Waals surface area contributed by atoms with Crippen molar-refractivity contribution in [3.05, 3.63) is 267 Å². The third-order valence-corrected chi connectivity index (χ3v) is 13.3. The highest BCUT2D eigenvalue weighted by molar-refractivity contribution is 6.00. The van der Waals surface area contributed by atoms with Crippen LogP contribution in [-0.4, -0.2) is 36.8 Å². The number of aryl methyl sites for hydroxylation is 2. The molecule has 0 aromatic heterocycles.